The molecule has 4 nitrogen and oxygen atoms in total. The maximum Gasteiger partial charge on any atom is 0.151 e. The fourth-order valence-corrected chi connectivity index (χ4v) is 2.90. The maximum absolute atomic E-state index is 7.26. The molecule has 1 aromatic carbocycles. The molecule has 2 atom stereocenters. The summed E-state index contributed by atoms with van der Waals surface area (Å²) in [4.78, 5) is 0. The fraction of sp³-hybridized carbons (Fsp3) is 0.333. The van der Waals surface area contributed by atoms with E-state index in [1.54, 1.807) is 0 Å². The van der Waals surface area contributed by atoms with Gasteiger partial charge in [-0.25, -0.2) is 0 Å². The van der Waals surface area contributed by atoms with Crippen LogP contribution in [-0.2, 0) is 0 Å². The summed E-state index contributed by atoms with van der Waals surface area (Å²) in [7, 11) is 0. The van der Waals surface area contributed by atoms with Crippen LogP contribution in [0.25, 0.3) is 0 Å². The summed E-state index contributed by atoms with van der Waals surface area (Å²) in [6.45, 7) is 4.05. The molecule has 6 heteroatoms. The lowest BCUT2D eigenvalue weighted by Crippen LogP contribution is -2.07. The first-order valence-electron chi connectivity index (χ1n) is 5.51. The molecule has 0 radical (unpaired) electrons. The Balaban J connectivity index is 2.73. The molecular weight excluding hydrogens is 264 g/mol. The normalized spacial score (nSPS) is 13.9. The summed E-state index contributed by atoms with van der Waals surface area (Å²) >= 11 is 2.67. The van der Waals surface area contributed by atoms with Gasteiger partial charge in [0.25, 0.3) is 0 Å². The molecule has 98 valence electrons. The molecule has 0 aliphatic heterocycles. The molecule has 6 N–H and O–H groups in total. The number of hydrogen-bond donors (Lipinski definition) is 4. The lowest BCUT2D eigenvalue weighted by atomic mass is 10.1. The Kier molecular flexibility index (Phi) is 5.55. The molecule has 0 aromatic heterocycles. The second kappa shape index (κ2) is 6.70. The van der Waals surface area contributed by atoms with Crippen molar-refractivity contribution >= 4 is 33.9 Å². The molecule has 0 heterocycles. The second-order valence-electron chi connectivity index (χ2n) is 3.92. The molecule has 0 bridgehead atoms. The van der Waals surface area contributed by atoms with Gasteiger partial charge in [0, 0.05) is 10.5 Å². The van der Waals surface area contributed by atoms with Crippen LogP contribution in [0.3, 0.4) is 0 Å². The van der Waals surface area contributed by atoms with E-state index in [-0.39, 0.29) is 20.8 Å². The van der Waals surface area contributed by atoms with Crippen molar-refractivity contribution in [1.29, 1.82) is 10.8 Å². The minimum atomic E-state index is 0.132. The molecule has 0 fully saturated rings. The lowest BCUT2D eigenvalue weighted by molar-refractivity contribution is 1.07. The van der Waals surface area contributed by atoms with Gasteiger partial charge in [0.05, 0.1) is 0 Å². The van der Waals surface area contributed by atoms with Gasteiger partial charge in [0.1, 0.15) is 0 Å². The van der Waals surface area contributed by atoms with Crippen LogP contribution in [0.5, 0.6) is 0 Å². The van der Waals surface area contributed by atoms with Crippen molar-refractivity contribution in [2.45, 2.75) is 24.3 Å². The van der Waals surface area contributed by atoms with E-state index < -0.39 is 0 Å². The third-order valence-electron chi connectivity index (χ3n) is 2.48. The predicted octanol–water partition coefficient (Wildman–Crippen LogP) is 3.06. The quantitative estimate of drug-likeness (QED) is 0.503. The molecule has 0 aliphatic carbocycles. The Morgan fingerprint density at radius 2 is 1.17 bits per heavy atom. The third kappa shape index (κ3) is 4.62. The highest BCUT2D eigenvalue weighted by molar-refractivity contribution is 8.14. The molecule has 2 unspecified atom stereocenters. The average molecular weight is 282 g/mol. The zero-order valence-electron chi connectivity index (χ0n) is 10.4. The molecule has 0 spiro atoms. The summed E-state index contributed by atoms with van der Waals surface area (Å²) in [6.07, 6.45) is 0. The van der Waals surface area contributed by atoms with Gasteiger partial charge < -0.3 is 11.5 Å². The number of amidine groups is 2. The topological polar surface area (TPSA) is 99.7 Å². The Morgan fingerprint density at radius 1 is 0.889 bits per heavy atom. The van der Waals surface area contributed by atoms with Crippen molar-refractivity contribution in [3.8, 4) is 0 Å². The van der Waals surface area contributed by atoms with Crippen molar-refractivity contribution in [2.24, 2.45) is 11.5 Å². The summed E-state index contributed by atoms with van der Waals surface area (Å²) in [5.41, 5.74) is 13.0. The number of benzene rings is 1. The van der Waals surface area contributed by atoms with Crippen molar-refractivity contribution in [3.05, 3.63) is 35.4 Å². The molecular formula is C12H18N4S2. The number of rotatable bonds is 4. The van der Waals surface area contributed by atoms with Gasteiger partial charge in [0.15, 0.2) is 10.3 Å². The van der Waals surface area contributed by atoms with E-state index in [2.05, 4.69) is 0 Å². The summed E-state index contributed by atoms with van der Waals surface area (Å²) < 4.78 is 0. The summed E-state index contributed by atoms with van der Waals surface area (Å²) in [5.74, 6) is 0. The molecule has 18 heavy (non-hydrogen) atoms. The highest BCUT2D eigenvalue weighted by Crippen LogP contribution is 2.31. The van der Waals surface area contributed by atoms with Gasteiger partial charge >= 0.3 is 0 Å². The van der Waals surface area contributed by atoms with Crippen LogP contribution in [-0.4, -0.2) is 10.3 Å². The molecule has 0 aliphatic rings. The van der Waals surface area contributed by atoms with Gasteiger partial charge in [0.2, 0.25) is 0 Å². The van der Waals surface area contributed by atoms with Crippen LogP contribution >= 0.6 is 23.5 Å². The largest absolute Gasteiger partial charge is 0.379 e. The first kappa shape index (κ1) is 14.9. The van der Waals surface area contributed by atoms with E-state index in [4.69, 9.17) is 22.3 Å². The highest BCUT2D eigenvalue weighted by Gasteiger charge is 2.10. The van der Waals surface area contributed by atoms with Crippen LogP contribution in [0.1, 0.15) is 35.5 Å². The molecule has 0 saturated heterocycles. The molecule has 0 amide bonds. The van der Waals surface area contributed by atoms with E-state index in [0.717, 1.165) is 11.1 Å². The number of nitrogens with two attached hydrogens (primary N) is 2. The third-order valence-corrected chi connectivity index (χ3v) is 4.24. The van der Waals surface area contributed by atoms with E-state index in [9.17, 15) is 0 Å². The minimum Gasteiger partial charge on any atom is -0.379 e. The van der Waals surface area contributed by atoms with Gasteiger partial charge in [-0.3, -0.25) is 10.8 Å². The van der Waals surface area contributed by atoms with E-state index in [0.29, 0.717) is 0 Å². The fourth-order valence-electron chi connectivity index (χ4n) is 1.56. The highest BCUT2D eigenvalue weighted by atomic mass is 32.2. The van der Waals surface area contributed by atoms with Crippen LogP contribution < -0.4 is 11.5 Å². The van der Waals surface area contributed by atoms with E-state index >= 15 is 0 Å². The monoisotopic (exact) mass is 282 g/mol. The van der Waals surface area contributed by atoms with Gasteiger partial charge in [-0.2, -0.15) is 0 Å². The van der Waals surface area contributed by atoms with Crippen molar-refractivity contribution in [1.82, 2.24) is 0 Å². The predicted molar refractivity (Wildman–Crippen MR) is 82.3 cm³/mol. The Morgan fingerprint density at radius 3 is 1.39 bits per heavy atom. The zero-order chi connectivity index (χ0) is 13.7. The van der Waals surface area contributed by atoms with Crippen LogP contribution in [0.4, 0.5) is 0 Å². The van der Waals surface area contributed by atoms with Crippen molar-refractivity contribution < 1.29 is 0 Å². The van der Waals surface area contributed by atoms with Crippen LogP contribution in [0.15, 0.2) is 24.3 Å². The molecule has 1 rings (SSSR count). The van der Waals surface area contributed by atoms with E-state index in [1.807, 2.05) is 38.1 Å². The molecule has 0 saturated carbocycles. The lowest BCUT2D eigenvalue weighted by Gasteiger charge is -2.13. The van der Waals surface area contributed by atoms with Crippen molar-refractivity contribution in [2.75, 3.05) is 0 Å². The Labute approximate surface area is 116 Å². The van der Waals surface area contributed by atoms with Gasteiger partial charge in [-0.15, -0.1) is 0 Å². The SMILES string of the molecule is CC(SC(=N)N)c1ccc(C(C)SC(=N)N)cc1. The van der Waals surface area contributed by atoms with E-state index in [1.165, 1.54) is 23.5 Å². The average Bonchev–Trinajstić information content (AvgIpc) is 2.27. The second-order valence-corrected chi connectivity index (χ2v) is 6.68. The molecule has 1 aromatic rings. The summed E-state index contributed by atoms with van der Waals surface area (Å²) in [5, 5.41) is 15.1. The van der Waals surface area contributed by atoms with Gasteiger partial charge in [-0.05, 0) is 25.0 Å². The number of thioether (sulfide) groups is 2. The maximum atomic E-state index is 7.26. The minimum absolute atomic E-state index is 0.132. The Bertz CT molecular complexity index is 389. The van der Waals surface area contributed by atoms with Crippen LogP contribution in [0.2, 0.25) is 0 Å². The Hall–Kier alpha value is -1.14. The van der Waals surface area contributed by atoms with Gasteiger partial charge in [-0.1, -0.05) is 47.8 Å². The zero-order valence-corrected chi connectivity index (χ0v) is 12.1. The van der Waals surface area contributed by atoms with Crippen molar-refractivity contribution in [3.63, 3.8) is 0 Å². The first-order valence-corrected chi connectivity index (χ1v) is 7.27. The van der Waals surface area contributed by atoms with Crippen LogP contribution in [0, 0.1) is 10.8 Å². The summed E-state index contributed by atoms with van der Waals surface area (Å²) in [6, 6.07) is 8.14. The number of nitrogens with one attached hydrogen (secondary N) is 2. The first-order chi connectivity index (χ1) is 8.40. The number of hydrogen-bond acceptors (Lipinski definition) is 4. The smallest absolute Gasteiger partial charge is 0.151 e. The standard InChI is InChI=1S/C12H18N4S2/c1-7(17-11(13)14)9-3-5-10(6-4-9)8(2)18-12(15)16/h3-8H,1-2H3,(H3,13,14)(H3,15,16).